The zero-order valence-electron chi connectivity index (χ0n) is 6.98. The second-order valence-electron chi connectivity index (χ2n) is 3.55. The van der Waals surface area contributed by atoms with E-state index < -0.39 is 0 Å². The van der Waals surface area contributed by atoms with Gasteiger partial charge in [0.15, 0.2) is 5.78 Å². The minimum Gasteiger partial charge on any atom is -0.329 e. The Bertz CT molecular complexity index is 144. The Morgan fingerprint density at radius 2 is 2.10 bits per heavy atom. The molecule has 1 fully saturated rings. The molecule has 2 heteroatoms. The molecule has 3 atom stereocenters. The zero-order valence-corrected chi connectivity index (χ0v) is 6.98. The second-order valence-corrected chi connectivity index (χ2v) is 3.55. The second kappa shape index (κ2) is 2.70. The number of ketones is 1. The molecule has 1 aliphatic rings. The van der Waals surface area contributed by atoms with Gasteiger partial charge in [0.1, 0.15) is 6.04 Å². The first-order valence-corrected chi connectivity index (χ1v) is 3.96. The lowest BCUT2D eigenvalue weighted by Crippen LogP contribution is -3.15. The third-order valence-electron chi connectivity index (χ3n) is 2.44. The maximum absolute atomic E-state index is 11.2. The van der Waals surface area contributed by atoms with Gasteiger partial charge in [-0.1, -0.05) is 6.92 Å². The summed E-state index contributed by atoms with van der Waals surface area (Å²) in [5.74, 6) is 1.01. The van der Waals surface area contributed by atoms with E-state index in [-0.39, 0.29) is 6.04 Å². The van der Waals surface area contributed by atoms with E-state index in [2.05, 4.69) is 14.0 Å². The first kappa shape index (κ1) is 7.73. The Hall–Kier alpha value is -0.370. The number of nitrogens with one attached hydrogen (secondary N) is 1. The van der Waals surface area contributed by atoms with Gasteiger partial charge >= 0.3 is 0 Å². The van der Waals surface area contributed by atoms with Gasteiger partial charge in [0.2, 0.25) is 0 Å². The summed E-state index contributed by atoms with van der Waals surface area (Å²) in [4.78, 5) is 12.6. The van der Waals surface area contributed by atoms with Crippen molar-refractivity contribution in [1.29, 1.82) is 0 Å². The Morgan fingerprint density at radius 3 is 2.60 bits per heavy atom. The Balaban J connectivity index is 2.57. The Morgan fingerprint density at radius 1 is 1.50 bits per heavy atom. The van der Waals surface area contributed by atoms with Crippen LogP contribution in [0.3, 0.4) is 0 Å². The summed E-state index contributed by atoms with van der Waals surface area (Å²) in [5, 5.41) is 0. The standard InChI is InChI=1S/C8H15NO/c1-6-4-8(10)7(2)9(3)5-6/h6-7H,4-5H2,1-3H3/p+1/t6-,7-/m0/s1. The first-order valence-electron chi connectivity index (χ1n) is 3.96. The quantitative estimate of drug-likeness (QED) is 0.484. The van der Waals surface area contributed by atoms with E-state index in [1.807, 2.05) is 6.92 Å². The summed E-state index contributed by atoms with van der Waals surface area (Å²) in [7, 11) is 2.10. The molecule has 58 valence electrons. The highest BCUT2D eigenvalue weighted by Crippen LogP contribution is 2.05. The number of Topliss-reactive ketones (excluding diaryl/α,β-unsaturated/α-hetero) is 1. The fourth-order valence-electron chi connectivity index (χ4n) is 1.59. The molecule has 10 heavy (non-hydrogen) atoms. The predicted octanol–water partition coefficient (Wildman–Crippen LogP) is -0.501. The maximum atomic E-state index is 11.2. The lowest BCUT2D eigenvalue weighted by atomic mass is 9.94. The minimum absolute atomic E-state index is 0.233. The molecule has 1 rings (SSSR count). The van der Waals surface area contributed by atoms with E-state index in [0.717, 1.165) is 13.0 Å². The summed E-state index contributed by atoms with van der Waals surface area (Å²) in [5.41, 5.74) is 0. The van der Waals surface area contributed by atoms with E-state index in [1.54, 1.807) is 0 Å². The van der Waals surface area contributed by atoms with Crippen molar-refractivity contribution in [3.8, 4) is 0 Å². The fraction of sp³-hybridized carbons (Fsp3) is 0.875. The molecule has 0 aliphatic carbocycles. The van der Waals surface area contributed by atoms with Crippen molar-refractivity contribution in [3.05, 3.63) is 0 Å². The summed E-state index contributed by atoms with van der Waals surface area (Å²) < 4.78 is 0. The molecule has 0 radical (unpaired) electrons. The van der Waals surface area contributed by atoms with Crippen molar-refractivity contribution in [2.24, 2.45) is 5.92 Å². The van der Waals surface area contributed by atoms with E-state index in [0.29, 0.717) is 11.7 Å². The van der Waals surface area contributed by atoms with E-state index >= 15 is 0 Å². The summed E-state index contributed by atoms with van der Waals surface area (Å²) in [6.45, 7) is 5.31. The van der Waals surface area contributed by atoms with Crippen LogP contribution in [0, 0.1) is 5.92 Å². The van der Waals surface area contributed by atoms with Gasteiger partial charge in [-0.05, 0) is 6.92 Å². The summed E-state index contributed by atoms with van der Waals surface area (Å²) >= 11 is 0. The molecule has 0 amide bonds. The maximum Gasteiger partial charge on any atom is 0.190 e. The highest BCUT2D eigenvalue weighted by molar-refractivity contribution is 5.82. The van der Waals surface area contributed by atoms with Crippen LogP contribution >= 0.6 is 0 Å². The highest BCUT2D eigenvalue weighted by atomic mass is 16.1. The van der Waals surface area contributed by atoms with Crippen molar-refractivity contribution < 1.29 is 9.69 Å². The van der Waals surface area contributed by atoms with Gasteiger partial charge < -0.3 is 4.90 Å². The number of carbonyl (C=O) groups is 1. The third-order valence-corrected chi connectivity index (χ3v) is 2.44. The van der Waals surface area contributed by atoms with Gasteiger partial charge in [-0.2, -0.15) is 0 Å². The van der Waals surface area contributed by atoms with Crippen LogP contribution in [0.15, 0.2) is 0 Å². The SMILES string of the molecule is C[C@H]1CC(=O)[C@H](C)[NH+](C)C1. The van der Waals surface area contributed by atoms with Crippen molar-refractivity contribution >= 4 is 5.78 Å². The molecule has 1 aliphatic heterocycles. The molecular formula is C8H16NO+. The number of hydrogen-bond donors (Lipinski definition) is 1. The molecule has 1 heterocycles. The van der Waals surface area contributed by atoms with Crippen molar-refractivity contribution in [3.63, 3.8) is 0 Å². The van der Waals surface area contributed by atoms with Gasteiger partial charge in [0.05, 0.1) is 13.6 Å². The van der Waals surface area contributed by atoms with Crippen LogP contribution in [0.2, 0.25) is 0 Å². The molecule has 0 aromatic rings. The fourth-order valence-corrected chi connectivity index (χ4v) is 1.59. The van der Waals surface area contributed by atoms with Crippen LogP contribution in [0.1, 0.15) is 20.3 Å². The first-order chi connectivity index (χ1) is 4.61. The van der Waals surface area contributed by atoms with Crippen LogP contribution < -0.4 is 4.90 Å². The van der Waals surface area contributed by atoms with Gasteiger partial charge in [-0.15, -0.1) is 0 Å². The number of likely N-dealkylation sites (tertiary alicyclic amines) is 1. The predicted molar refractivity (Wildman–Crippen MR) is 40.0 cm³/mol. The van der Waals surface area contributed by atoms with E-state index in [4.69, 9.17) is 0 Å². The lowest BCUT2D eigenvalue weighted by Gasteiger charge is -2.28. The average molecular weight is 142 g/mol. The van der Waals surface area contributed by atoms with E-state index in [1.165, 1.54) is 4.90 Å². The lowest BCUT2D eigenvalue weighted by molar-refractivity contribution is -0.900. The molecule has 2 nitrogen and oxygen atoms in total. The minimum atomic E-state index is 0.233. The number of quaternary nitrogens is 1. The molecule has 0 aromatic carbocycles. The monoisotopic (exact) mass is 142 g/mol. The largest absolute Gasteiger partial charge is 0.329 e. The molecule has 1 N–H and O–H groups in total. The number of hydrogen-bond acceptors (Lipinski definition) is 1. The molecule has 0 spiro atoms. The molecular weight excluding hydrogens is 126 g/mol. The zero-order chi connectivity index (χ0) is 7.72. The average Bonchev–Trinajstić information content (AvgIpc) is 1.82. The van der Waals surface area contributed by atoms with Crippen molar-refractivity contribution in [2.75, 3.05) is 13.6 Å². The van der Waals surface area contributed by atoms with Crippen LogP contribution in [-0.2, 0) is 4.79 Å². The van der Waals surface area contributed by atoms with Gasteiger partial charge in [0.25, 0.3) is 0 Å². The molecule has 0 bridgehead atoms. The highest BCUT2D eigenvalue weighted by Gasteiger charge is 2.30. The van der Waals surface area contributed by atoms with Gasteiger partial charge in [-0.25, -0.2) is 0 Å². The normalized spacial score (nSPS) is 41.9. The van der Waals surface area contributed by atoms with Gasteiger partial charge in [0, 0.05) is 12.3 Å². The Kier molecular flexibility index (Phi) is 2.09. The van der Waals surface area contributed by atoms with E-state index in [9.17, 15) is 4.79 Å². The van der Waals surface area contributed by atoms with Crippen LogP contribution in [0.4, 0.5) is 0 Å². The Labute approximate surface area is 62.2 Å². The van der Waals surface area contributed by atoms with Crippen LogP contribution in [0.5, 0.6) is 0 Å². The van der Waals surface area contributed by atoms with Crippen molar-refractivity contribution in [1.82, 2.24) is 0 Å². The summed E-state index contributed by atoms with van der Waals surface area (Å²) in [6, 6.07) is 0.233. The summed E-state index contributed by atoms with van der Waals surface area (Å²) in [6.07, 6.45) is 0.790. The number of carbonyl (C=O) groups excluding carboxylic acids is 1. The van der Waals surface area contributed by atoms with Crippen LogP contribution in [0.25, 0.3) is 0 Å². The molecule has 0 saturated carbocycles. The van der Waals surface area contributed by atoms with Crippen LogP contribution in [-0.4, -0.2) is 25.4 Å². The molecule has 1 saturated heterocycles. The number of rotatable bonds is 0. The van der Waals surface area contributed by atoms with Crippen molar-refractivity contribution in [2.45, 2.75) is 26.3 Å². The third kappa shape index (κ3) is 1.37. The molecule has 0 aromatic heterocycles. The topological polar surface area (TPSA) is 21.5 Å². The number of piperidine rings is 1. The number of likely N-dealkylation sites (N-methyl/N-ethyl adjacent to an activating group) is 1. The van der Waals surface area contributed by atoms with Gasteiger partial charge in [-0.3, -0.25) is 4.79 Å². The smallest absolute Gasteiger partial charge is 0.190 e. The molecule has 1 unspecified atom stereocenters.